The molecule has 3 aromatic rings. The minimum Gasteiger partial charge on any atom is -0.452 e. The lowest BCUT2D eigenvalue weighted by Crippen LogP contribution is -2.31. The molecule has 1 atom stereocenters. The van der Waals surface area contributed by atoms with Crippen LogP contribution in [0.25, 0.3) is 0 Å². The maximum absolute atomic E-state index is 12.6. The Balaban J connectivity index is 1.55. The number of benzene rings is 1. The van der Waals surface area contributed by atoms with Gasteiger partial charge in [-0.1, -0.05) is 36.3 Å². The standard InChI is InChI=1S/C24H27N3O4S/c1-5-18-8-10-19(11-9-18)15(2)26-22(28)13-30-24(29)20-7-6-12-25-23(20)32-14-21-16(3)27-31-17(21)4/h6-12,15H,5,13-14H2,1-4H3,(H,26,28)/t15-/m0/s1. The van der Waals surface area contributed by atoms with Crippen LogP contribution in [0.4, 0.5) is 0 Å². The maximum atomic E-state index is 12.6. The molecule has 2 heterocycles. The van der Waals surface area contributed by atoms with Crippen molar-refractivity contribution in [3.05, 3.63) is 76.3 Å². The van der Waals surface area contributed by atoms with Gasteiger partial charge in [-0.05, 0) is 50.5 Å². The van der Waals surface area contributed by atoms with Crippen molar-refractivity contribution in [3.63, 3.8) is 0 Å². The minimum absolute atomic E-state index is 0.188. The summed E-state index contributed by atoms with van der Waals surface area (Å²) in [5.74, 6) is 0.353. The van der Waals surface area contributed by atoms with Crippen molar-refractivity contribution in [3.8, 4) is 0 Å². The zero-order chi connectivity index (χ0) is 23.1. The van der Waals surface area contributed by atoms with E-state index in [0.717, 1.165) is 29.0 Å². The van der Waals surface area contributed by atoms with E-state index in [2.05, 4.69) is 22.4 Å². The molecule has 8 heteroatoms. The van der Waals surface area contributed by atoms with Gasteiger partial charge in [-0.3, -0.25) is 4.79 Å². The summed E-state index contributed by atoms with van der Waals surface area (Å²) in [5.41, 5.74) is 4.33. The Morgan fingerprint density at radius 3 is 2.59 bits per heavy atom. The summed E-state index contributed by atoms with van der Waals surface area (Å²) in [5, 5.41) is 7.33. The smallest absolute Gasteiger partial charge is 0.341 e. The molecule has 2 aromatic heterocycles. The third kappa shape index (κ3) is 5.97. The summed E-state index contributed by atoms with van der Waals surface area (Å²) in [6.45, 7) is 7.35. The van der Waals surface area contributed by atoms with Crippen LogP contribution in [0.3, 0.4) is 0 Å². The monoisotopic (exact) mass is 453 g/mol. The molecule has 0 unspecified atom stereocenters. The number of rotatable bonds is 9. The van der Waals surface area contributed by atoms with Crippen molar-refractivity contribution in [2.45, 2.75) is 50.9 Å². The van der Waals surface area contributed by atoms with Crippen molar-refractivity contribution >= 4 is 23.6 Å². The molecule has 3 rings (SSSR count). The van der Waals surface area contributed by atoms with Gasteiger partial charge in [0.15, 0.2) is 6.61 Å². The van der Waals surface area contributed by atoms with Gasteiger partial charge < -0.3 is 14.6 Å². The third-order valence-corrected chi connectivity index (χ3v) is 6.16. The van der Waals surface area contributed by atoms with Gasteiger partial charge >= 0.3 is 5.97 Å². The van der Waals surface area contributed by atoms with Gasteiger partial charge in [0.1, 0.15) is 10.8 Å². The Kier molecular flexibility index (Phi) is 8.05. The Bertz CT molecular complexity index is 1060. The second-order valence-electron chi connectivity index (χ2n) is 7.41. The highest BCUT2D eigenvalue weighted by atomic mass is 32.2. The Hall–Kier alpha value is -3.13. The van der Waals surface area contributed by atoms with E-state index >= 15 is 0 Å². The first kappa shape index (κ1) is 23.5. The lowest BCUT2D eigenvalue weighted by atomic mass is 10.1. The molecule has 0 saturated heterocycles. The molecule has 1 N–H and O–H groups in total. The Morgan fingerprint density at radius 1 is 1.19 bits per heavy atom. The number of ether oxygens (including phenoxy) is 1. The number of hydrogen-bond acceptors (Lipinski definition) is 7. The van der Waals surface area contributed by atoms with Crippen LogP contribution in [0.1, 0.15) is 58.4 Å². The molecule has 0 saturated carbocycles. The number of nitrogens with zero attached hydrogens (tertiary/aromatic N) is 2. The summed E-state index contributed by atoms with van der Waals surface area (Å²) in [6, 6.07) is 11.2. The van der Waals surface area contributed by atoms with Crippen LogP contribution < -0.4 is 5.32 Å². The highest BCUT2D eigenvalue weighted by Crippen LogP contribution is 2.27. The normalized spacial score (nSPS) is 11.8. The molecule has 0 aliphatic rings. The molecule has 7 nitrogen and oxygen atoms in total. The number of nitrogens with one attached hydrogen (secondary N) is 1. The molecule has 0 fully saturated rings. The second-order valence-corrected chi connectivity index (χ2v) is 8.37. The number of esters is 1. The van der Waals surface area contributed by atoms with Crippen LogP contribution in [0, 0.1) is 13.8 Å². The Morgan fingerprint density at radius 2 is 1.94 bits per heavy atom. The first-order chi connectivity index (χ1) is 15.4. The van der Waals surface area contributed by atoms with Gasteiger partial charge in [0.2, 0.25) is 0 Å². The summed E-state index contributed by atoms with van der Waals surface area (Å²) >= 11 is 1.39. The van der Waals surface area contributed by atoms with Crippen LogP contribution >= 0.6 is 11.8 Å². The zero-order valence-corrected chi connectivity index (χ0v) is 19.5. The fourth-order valence-electron chi connectivity index (χ4n) is 3.13. The maximum Gasteiger partial charge on any atom is 0.341 e. The zero-order valence-electron chi connectivity index (χ0n) is 18.7. The van der Waals surface area contributed by atoms with E-state index in [-0.39, 0.29) is 18.6 Å². The largest absolute Gasteiger partial charge is 0.452 e. The highest BCUT2D eigenvalue weighted by molar-refractivity contribution is 7.98. The van der Waals surface area contributed by atoms with E-state index in [1.54, 1.807) is 18.3 Å². The van der Waals surface area contributed by atoms with Gasteiger partial charge in [0, 0.05) is 17.5 Å². The molecule has 0 aliphatic heterocycles. The van der Waals surface area contributed by atoms with E-state index in [9.17, 15) is 9.59 Å². The molecule has 1 amide bonds. The number of pyridine rings is 1. The van der Waals surface area contributed by atoms with Crippen molar-refractivity contribution in [1.82, 2.24) is 15.5 Å². The lowest BCUT2D eigenvalue weighted by molar-refractivity contribution is -0.124. The van der Waals surface area contributed by atoms with Gasteiger partial charge in [-0.15, -0.1) is 11.8 Å². The van der Waals surface area contributed by atoms with Crippen molar-refractivity contribution in [2.75, 3.05) is 6.61 Å². The summed E-state index contributed by atoms with van der Waals surface area (Å²) in [7, 11) is 0. The first-order valence-corrected chi connectivity index (χ1v) is 11.4. The third-order valence-electron chi connectivity index (χ3n) is 5.13. The van der Waals surface area contributed by atoms with Crippen molar-refractivity contribution in [1.29, 1.82) is 0 Å². The van der Waals surface area contributed by atoms with Crippen molar-refractivity contribution < 1.29 is 18.8 Å². The SMILES string of the molecule is CCc1ccc([C@H](C)NC(=O)COC(=O)c2cccnc2SCc2c(C)noc2C)cc1. The van der Waals surface area contributed by atoms with E-state index in [4.69, 9.17) is 9.26 Å². The molecule has 0 spiro atoms. The number of hydrogen-bond donors (Lipinski definition) is 1. The van der Waals surface area contributed by atoms with Crippen LogP contribution in [0.5, 0.6) is 0 Å². The number of carbonyl (C=O) groups excluding carboxylic acids is 2. The molecule has 168 valence electrons. The minimum atomic E-state index is -0.588. The van der Waals surface area contributed by atoms with Crippen LogP contribution in [-0.4, -0.2) is 28.6 Å². The Labute approximate surface area is 191 Å². The van der Waals surface area contributed by atoms with E-state index in [1.807, 2.05) is 45.0 Å². The van der Waals surface area contributed by atoms with E-state index < -0.39 is 5.97 Å². The van der Waals surface area contributed by atoms with Crippen molar-refractivity contribution in [2.24, 2.45) is 0 Å². The number of thioether (sulfide) groups is 1. The highest BCUT2D eigenvalue weighted by Gasteiger charge is 2.18. The molecule has 1 aromatic carbocycles. The van der Waals surface area contributed by atoms with Crippen LogP contribution in [0.15, 0.2) is 52.1 Å². The van der Waals surface area contributed by atoms with Gasteiger partial charge in [-0.2, -0.15) is 0 Å². The number of carbonyl (C=O) groups is 2. The summed E-state index contributed by atoms with van der Waals surface area (Å²) in [4.78, 5) is 29.2. The second kappa shape index (κ2) is 10.9. The van der Waals surface area contributed by atoms with Crippen LogP contribution in [0.2, 0.25) is 0 Å². The number of amides is 1. The topological polar surface area (TPSA) is 94.3 Å². The molecule has 32 heavy (non-hydrogen) atoms. The molecule has 0 aliphatic carbocycles. The van der Waals surface area contributed by atoms with E-state index in [1.165, 1.54) is 17.3 Å². The molecule has 0 bridgehead atoms. The molecule has 0 radical (unpaired) electrons. The molecular weight excluding hydrogens is 426 g/mol. The quantitative estimate of drug-likeness (QED) is 0.374. The summed E-state index contributed by atoms with van der Waals surface area (Å²) < 4.78 is 10.4. The fourth-order valence-corrected chi connectivity index (χ4v) is 4.26. The van der Waals surface area contributed by atoms with Gasteiger partial charge in [0.25, 0.3) is 5.91 Å². The summed E-state index contributed by atoms with van der Waals surface area (Å²) in [6.07, 6.45) is 2.58. The average molecular weight is 454 g/mol. The predicted molar refractivity (Wildman–Crippen MR) is 122 cm³/mol. The van der Waals surface area contributed by atoms with Gasteiger partial charge in [0.05, 0.1) is 17.3 Å². The lowest BCUT2D eigenvalue weighted by Gasteiger charge is -2.15. The first-order valence-electron chi connectivity index (χ1n) is 10.4. The van der Waals surface area contributed by atoms with Gasteiger partial charge in [-0.25, -0.2) is 9.78 Å². The van der Waals surface area contributed by atoms with E-state index in [0.29, 0.717) is 16.3 Å². The number of aryl methyl sites for hydroxylation is 3. The van der Waals surface area contributed by atoms with Crippen LogP contribution in [-0.2, 0) is 21.7 Å². The average Bonchev–Trinajstić information content (AvgIpc) is 3.13. The number of aromatic nitrogens is 2. The molecular formula is C24H27N3O4S. The predicted octanol–water partition coefficient (Wildman–Crippen LogP) is 4.58. The fraction of sp³-hybridized carbons (Fsp3) is 0.333.